The fourth-order valence-corrected chi connectivity index (χ4v) is 4.78. The monoisotopic (exact) mass is 421 g/mol. The third-order valence-corrected chi connectivity index (χ3v) is 6.50. The van der Waals surface area contributed by atoms with Crippen molar-refractivity contribution in [1.29, 1.82) is 0 Å². The van der Waals surface area contributed by atoms with E-state index in [1.165, 1.54) is 22.1 Å². The Kier molecular flexibility index (Phi) is 6.45. The Morgan fingerprint density at radius 2 is 1.83 bits per heavy atom. The number of nitrogens with one attached hydrogen (secondary N) is 1. The van der Waals surface area contributed by atoms with Crippen LogP contribution in [-0.2, 0) is 4.79 Å². The van der Waals surface area contributed by atoms with Crippen LogP contribution in [0.5, 0.6) is 0 Å². The number of nitrogens with zero attached hydrogens (tertiary/aromatic N) is 2. The van der Waals surface area contributed by atoms with E-state index in [2.05, 4.69) is 34.5 Å². The quantitative estimate of drug-likeness (QED) is 0.679. The fourth-order valence-electron chi connectivity index (χ4n) is 4.08. The molecule has 1 fully saturated rings. The Labute approximate surface area is 181 Å². The van der Waals surface area contributed by atoms with Gasteiger partial charge in [0.15, 0.2) is 0 Å². The predicted molar refractivity (Wildman–Crippen MR) is 122 cm³/mol. The zero-order chi connectivity index (χ0) is 20.9. The van der Waals surface area contributed by atoms with Crippen molar-refractivity contribution >= 4 is 33.9 Å². The number of amides is 2. The molecule has 1 saturated heterocycles. The van der Waals surface area contributed by atoms with Gasteiger partial charge in [-0.15, -0.1) is 11.3 Å². The maximum absolute atomic E-state index is 12.7. The summed E-state index contributed by atoms with van der Waals surface area (Å²) in [5, 5.41) is 7.43. The second-order valence-corrected chi connectivity index (χ2v) is 8.70. The summed E-state index contributed by atoms with van der Waals surface area (Å²) in [7, 11) is 0. The van der Waals surface area contributed by atoms with Gasteiger partial charge < -0.3 is 10.2 Å². The molecule has 1 N–H and O–H groups in total. The van der Waals surface area contributed by atoms with Gasteiger partial charge in [-0.1, -0.05) is 48.5 Å². The van der Waals surface area contributed by atoms with Crippen LogP contribution in [0.1, 0.15) is 34.6 Å². The van der Waals surface area contributed by atoms with Gasteiger partial charge in [0.25, 0.3) is 5.91 Å². The number of fused-ring (bicyclic) bond motifs is 1. The summed E-state index contributed by atoms with van der Waals surface area (Å²) in [6.45, 7) is 5.32. The Morgan fingerprint density at radius 1 is 1.00 bits per heavy atom. The molecule has 1 aliphatic rings. The number of benzene rings is 2. The highest BCUT2D eigenvalue weighted by Gasteiger charge is 2.22. The smallest absolute Gasteiger partial charge is 0.263 e. The maximum Gasteiger partial charge on any atom is 0.263 e. The van der Waals surface area contributed by atoms with Crippen molar-refractivity contribution < 1.29 is 9.59 Å². The van der Waals surface area contributed by atoms with E-state index in [1.807, 2.05) is 47.5 Å². The molecule has 2 amide bonds. The van der Waals surface area contributed by atoms with Gasteiger partial charge in [-0.3, -0.25) is 14.5 Å². The van der Waals surface area contributed by atoms with Crippen molar-refractivity contribution in [3.05, 3.63) is 70.4 Å². The van der Waals surface area contributed by atoms with Crippen LogP contribution < -0.4 is 5.32 Å². The van der Waals surface area contributed by atoms with E-state index in [0.29, 0.717) is 19.6 Å². The first-order valence-electron chi connectivity index (χ1n) is 10.4. The number of hydrogen-bond acceptors (Lipinski definition) is 4. The third kappa shape index (κ3) is 4.71. The first-order valence-corrected chi connectivity index (χ1v) is 11.3. The minimum atomic E-state index is -0.0625. The Balaban J connectivity index is 1.33. The predicted octanol–water partition coefficient (Wildman–Crippen LogP) is 3.93. The lowest BCUT2D eigenvalue weighted by Crippen LogP contribution is -2.40. The van der Waals surface area contributed by atoms with Gasteiger partial charge in [0.05, 0.1) is 17.5 Å². The molecule has 0 saturated carbocycles. The van der Waals surface area contributed by atoms with Crippen molar-refractivity contribution in [2.24, 2.45) is 0 Å². The van der Waals surface area contributed by atoms with Crippen LogP contribution in [0.25, 0.3) is 10.8 Å². The normalized spacial score (nSPS) is 16.2. The SMILES string of the molecule is CC(NC(=O)CN1CCCN(C(=O)c2cccs2)CC1)c1cccc2ccccc12. The molecule has 30 heavy (non-hydrogen) atoms. The maximum atomic E-state index is 12.7. The zero-order valence-electron chi connectivity index (χ0n) is 17.2. The second-order valence-electron chi connectivity index (χ2n) is 7.76. The lowest BCUT2D eigenvalue weighted by atomic mass is 10.00. The van der Waals surface area contributed by atoms with E-state index in [0.717, 1.165) is 30.0 Å². The van der Waals surface area contributed by atoms with Crippen LogP contribution in [0.3, 0.4) is 0 Å². The third-order valence-electron chi connectivity index (χ3n) is 5.64. The Hall–Kier alpha value is -2.70. The van der Waals surface area contributed by atoms with Gasteiger partial charge in [-0.25, -0.2) is 0 Å². The van der Waals surface area contributed by atoms with Gasteiger partial charge in [-0.05, 0) is 41.1 Å². The van der Waals surface area contributed by atoms with E-state index in [1.54, 1.807) is 0 Å². The van der Waals surface area contributed by atoms with Crippen molar-refractivity contribution in [3.63, 3.8) is 0 Å². The summed E-state index contributed by atoms with van der Waals surface area (Å²) in [5.41, 5.74) is 1.13. The molecule has 1 aromatic heterocycles. The number of carbonyl (C=O) groups excluding carboxylic acids is 2. The number of rotatable bonds is 5. The van der Waals surface area contributed by atoms with Crippen molar-refractivity contribution in [3.8, 4) is 0 Å². The van der Waals surface area contributed by atoms with Crippen LogP contribution in [0, 0.1) is 0 Å². The van der Waals surface area contributed by atoms with Crippen LogP contribution in [0.4, 0.5) is 0 Å². The van der Waals surface area contributed by atoms with Gasteiger partial charge in [-0.2, -0.15) is 0 Å². The molecule has 1 atom stereocenters. The van der Waals surface area contributed by atoms with E-state index < -0.39 is 0 Å². The number of thiophene rings is 1. The van der Waals surface area contributed by atoms with E-state index >= 15 is 0 Å². The molecule has 156 valence electrons. The fraction of sp³-hybridized carbons (Fsp3) is 0.333. The lowest BCUT2D eigenvalue weighted by molar-refractivity contribution is -0.122. The number of carbonyl (C=O) groups is 2. The molecule has 4 rings (SSSR count). The zero-order valence-corrected chi connectivity index (χ0v) is 18.0. The molecule has 0 aliphatic carbocycles. The average Bonchev–Trinajstić information content (AvgIpc) is 3.20. The van der Waals surface area contributed by atoms with Crippen molar-refractivity contribution in [2.45, 2.75) is 19.4 Å². The van der Waals surface area contributed by atoms with Gasteiger partial charge in [0, 0.05) is 26.2 Å². The molecule has 6 heteroatoms. The minimum Gasteiger partial charge on any atom is -0.348 e. The van der Waals surface area contributed by atoms with Gasteiger partial charge in [0.1, 0.15) is 0 Å². The number of hydrogen-bond donors (Lipinski definition) is 1. The first kappa shape index (κ1) is 20.6. The van der Waals surface area contributed by atoms with Crippen LogP contribution >= 0.6 is 11.3 Å². The highest BCUT2D eigenvalue weighted by atomic mass is 32.1. The highest BCUT2D eigenvalue weighted by Crippen LogP contribution is 2.24. The summed E-state index contributed by atoms with van der Waals surface area (Å²) in [6.07, 6.45) is 0.878. The standard InChI is InChI=1S/C24H27N3O2S/c1-18(20-10-4-8-19-7-2-3-9-21(19)20)25-23(28)17-26-12-6-13-27(15-14-26)24(29)22-11-5-16-30-22/h2-5,7-11,16,18H,6,12-15,17H2,1H3,(H,25,28). The van der Waals surface area contributed by atoms with Crippen molar-refractivity contribution in [2.75, 3.05) is 32.7 Å². The van der Waals surface area contributed by atoms with Crippen LogP contribution in [0.2, 0.25) is 0 Å². The largest absolute Gasteiger partial charge is 0.348 e. The second kappa shape index (κ2) is 9.41. The highest BCUT2D eigenvalue weighted by molar-refractivity contribution is 7.12. The molecule has 1 unspecified atom stereocenters. The molecular weight excluding hydrogens is 394 g/mol. The molecule has 3 aromatic rings. The van der Waals surface area contributed by atoms with Crippen molar-refractivity contribution in [1.82, 2.24) is 15.1 Å². The van der Waals surface area contributed by atoms with Gasteiger partial charge in [0.2, 0.25) is 5.91 Å². The average molecular weight is 422 g/mol. The molecular formula is C24H27N3O2S. The first-order chi connectivity index (χ1) is 14.6. The molecule has 5 nitrogen and oxygen atoms in total. The molecule has 0 radical (unpaired) electrons. The summed E-state index contributed by atoms with van der Waals surface area (Å²) >= 11 is 1.48. The Bertz CT molecular complexity index is 1010. The topological polar surface area (TPSA) is 52.7 Å². The Morgan fingerprint density at radius 3 is 2.67 bits per heavy atom. The molecule has 1 aliphatic heterocycles. The summed E-state index contributed by atoms with van der Waals surface area (Å²) < 4.78 is 0. The van der Waals surface area contributed by atoms with Crippen LogP contribution in [0.15, 0.2) is 60.0 Å². The summed E-state index contributed by atoms with van der Waals surface area (Å²) in [6, 6.07) is 18.2. The van der Waals surface area contributed by atoms with Crippen LogP contribution in [-0.4, -0.2) is 54.3 Å². The lowest BCUT2D eigenvalue weighted by Gasteiger charge is -2.23. The van der Waals surface area contributed by atoms with Gasteiger partial charge >= 0.3 is 0 Å². The van der Waals surface area contributed by atoms with E-state index in [-0.39, 0.29) is 17.9 Å². The van der Waals surface area contributed by atoms with E-state index in [9.17, 15) is 9.59 Å². The van der Waals surface area contributed by atoms with E-state index in [4.69, 9.17) is 0 Å². The molecule has 2 aromatic carbocycles. The summed E-state index contributed by atoms with van der Waals surface area (Å²) in [4.78, 5) is 30.1. The minimum absolute atomic E-state index is 0.0217. The summed E-state index contributed by atoms with van der Waals surface area (Å²) in [5.74, 6) is 0.120. The molecule has 2 heterocycles. The molecule has 0 spiro atoms. The molecule has 0 bridgehead atoms.